The second kappa shape index (κ2) is 46.4. The van der Waals surface area contributed by atoms with Gasteiger partial charge in [-0.1, -0.05) is 209 Å². The summed E-state index contributed by atoms with van der Waals surface area (Å²) in [7, 11) is 0. The van der Waals surface area contributed by atoms with Crippen LogP contribution in [0.3, 0.4) is 0 Å². The summed E-state index contributed by atoms with van der Waals surface area (Å²) in [4.78, 5) is 26.0. The van der Waals surface area contributed by atoms with Gasteiger partial charge in [0.2, 0.25) is 5.91 Å². The van der Waals surface area contributed by atoms with Gasteiger partial charge in [-0.2, -0.15) is 0 Å². The number of ether oxygens (including phenoxy) is 1. The molecule has 3 atom stereocenters. The topological polar surface area (TPSA) is 95.9 Å². The molecule has 59 heavy (non-hydrogen) atoms. The number of hydrogen-bond acceptors (Lipinski definition) is 5. The van der Waals surface area contributed by atoms with Gasteiger partial charge in [-0.3, -0.25) is 9.59 Å². The first kappa shape index (κ1) is 56.3. The monoisotopic (exact) mass is 824 g/mol. The van der Waals surface area contributed by atoms with E-state index in [0.29, 0.717) is 19.3 Å². The highest BCUT2D eigenvalue weighted by atomic mass is 16.5. The van der Waals surface area contributed by atoms with E-state index in [9.17, 15) is 19.8 Å². The van der Waals surface area contributed by atoms with E-state index in [4.69, 9.17) is 4.74 Å². The van der Waals surface area contributed by atoms with E-state index in [2.05, 4.69) is 86.8 Å². The molecule has 6 nitrogen and oxygen atoms in total. The van der Waals surface area contributed by atoms with Crippen molar-refractivity contribution < 1.29 is 24.5 Å². The van der Waals surface area contributed by atoms with Gasteiger partial charge in [0.1, 0.15) is 6.10 Å². The molecule has 340 valence electrons. The van der Waals surface area contributed by atoms with Crippen molar-refractivity contribution in [3.63, 3.8) is 0 Å². The summed E-state index contributed by atoms with van der Waals surface area (Å²) in [5.41, 5.74) is 0. The SMILES string of the molecule is CCCCC/C=C\C/C=C\C/C=C\C/C=C\CC(CC(=O)NC(CO)C(O)CCCCCCCCCCCC)OC(=O)CCCCCCCC/C=C/C=C/CCCCC. The molecule has 1 amide bonds. The minimum Gasteiger partial charge on any atom is -0.461 e. The van der Waals surface area contributed by atoms with Crippen LogP contribution in [0.15, 0.2) is 72.9 Å². The Hall–Kier alpha value is -2.70. The largest absolute Gasteiger partial charge is 0.461 e. The lowest BCUT2D eigenvalue weighted by atomic mass is 10.0. The number of amides is 1. The van der Waals surface area contributed by atoms with Gasteiger partial charge in [0.05, 0.1) is 25.2 Å². The summed E-state index contributed by atoms with van der Waals surface area (Å²) >= 11 is 0. The molecule has 0 radical (unpaired) electrons. The number of aliphatic hydroxyl groups excluding tert-OH is 2. The lowest BCUT2D eigenvalue weighted by Crippen LogP contribution is -2.46. The Bertz CT molecular complexity index is 1110. The van der Waals surface area contributed by atoms with E-state index >= 15 is 0 Å². The van der Waals surface area contributed by atoms with E-state index in [1.807, 2.05) is 12.2 Å². The van der Waals surface area contributed by atoms with Gasteiger partial charge in [-0.25, -0.2) is 0 Å². The van der Waals surface area contributed by atoms with E-state index in [1.54, 1.807) is 0 Å². The van der Waals surface area contributed by atoms with Crippen LogP contribution in [0.1, 0.15) is 226 Å². The Morgan fingerprint density at radius 2 is 0.949 bits per heavy atom. The number of carbonyl (C=O) groups is 2. The number of rotatable bonds is 43. The fraction of sp³-hybridized carbons (Fsp3) is 0.736. The highest BCUT2D eigenvalue weighted by Gasteiger charge is 2.23. The molecule has 0 spiro atoms. The minimum atomic E-state index is -0.814. The molecule has 3 unspecified atom stereocenters. The van der Waals surface area contributed by atoms with Crippen LogP contribution in [0.25, 0.3) is 0 Å². The smallest absolute Gasteiger partial charge is 0.306 e. The van der Waals surface area contributed by atoms with Crippen molar-refractivity contribution in [2.24, 2.45) is 0 Å². The maximum atomic E-state index is 13.1. The number of nitrogens with one attached hydrogen (secondary N) is 1. The van der Waals surface area contributed by atoms with Crippen molar-refractivity contribution >= 4 is 11.9 Å². The molecular formula is C53H93NO5. The zero-order chi connectivity index (χ0) is 43.1. The fourth-order valence-corrected chi connectivity index (χ4v) is 6.99. The first-order valence-corrected chi connectivity index (χ1v) is 24.7. The van der Waals surface area contributed by atoms with Crippen molar-refractivity contribution in [2.45, 2.75) is 244 Å². The summed E-state index contributed by atoms with van der Waals surface area (Å²) in [5, 5.41) is 23.6. The standard InChI is InChI=1S/C53H93NO5/c1-4-7-10-13-16-19-22-24-26-28-30-32-35-38-41-44-49(59-53(58)46-43-40-37-34-31-29-27-25-23-20-17-14-11-8-5-2)47-52(57)54-50(48-55)51(56)45-42-39-36-33-21-18-15-12-9-6-3/h16-17,19-20,23-26,30,32,38,41,49-51,55-56H,4-15,18,21-22,27-29,31,33-37,39-40,42-48H2,1-3H3,(H,54,57)/b19-16-,20-17+,25-23+,26-24-,32-30-,41-38-. The van der Waals surface area contributed by atoms with Crippen LogP contribution in [0.2, 0.25) is 0 Å². The minimum absolute atomic E-state index is 0.00562. The predicted molar refractivity (Wildman–Crippen MR) is 255 cm³/mol. The van der Waals surface area contributed by atoms with E-state index in [0.717, 1.165) is 64.2 Å². The molecule has 0 fully saturated rings. The third-order valence-electron chi connectivity index (χ3n) is 10.8. The second-order valence-corrected chi connectivity index (χ2v) is 16.5. The lowest BCUT2D eigenvalue weighted by Gasteiger charge is -2.24. The average molecular weight is 824 g/mol. The van der Waals surface area contributed by atoms with E-state index in [-0.39, 0.29) is 24.9 Å². The van der Waals surface area contributed by atoms with Gasteiger partial charge in [-0.15, -0.1) is 0 Å². The molecule has 0 heterocycles. The molecule has 0 saturated heterocycles. The fourth-order valence-electron chi connectivity index (χ4n) is 6.99. The zero-order valence-corrected chi connectivity index (χ0v) is 38.6. The van der Waals surface area contributed by atoms with E-state index < -0.39 is 18.2 Å². The van der Waals surface area contributed by atoms with Crippen molar-refractivity contribution in [1.29, 1.82) is 0 Å². The molecule has 0 aromatic carbocycles. The third-order valence-corrected chi connectivity index (χ3v) is 10.8. The molecule has 0 aliphatic heterocycles. The molecule has 3 N–H and O–H groups in total. The zero-order valence-electron chi connectivity index (χ0n) is 38.6. The van der Waals surface area contributed by atoms with Crippen LogP contribution in [0, 0.1) is 0 Å². The number of allylic oxidation sites excluding steroid dienone is 11. The normalized spacial score (nSPS) is 13.9. The Morgan fingerprint density at radius 3 is 1.49 bits per heavy atom. The summed E-state index contributed by atoms with van der Waals surface area (Å²) in [6.45, 7) is 6.37. The second-order valence-electron chi connectivity index (χ2n) is 16.5. The van der Waals surface area contributed by atoms with Gasteiger partial charge >= 0.3 is 5.97 Å². The van der Waals surface area contributed by atoms with Gasteiger partial charge < -0.3 is 20.3 Å². The van der Waals surface area contributed by atoms with Gasteiger partial charge in [0.25, 0.3) is 0 Å². The Balaban J connectivity index is 4.77. The number of aliphatic hydroxyl groups is 2. The molecule has 0 aromatic heterocycles. The first-order valence-electron chi connectivity index (χ1n) is 24.7. The number of hydrogen-bond donors (Lipinski definition) is 3. The van der Waals surface area contributed by atoms with Crippen LogP contribution in [0.5, 0.6) is 0 Å². The Kier molecular flexibility index (Phi) is 44.2. The van der Waals surface area contributed by atoms with Gasteiger partial charge in [0.15, 0.2) is 0 Å². The molecule has 0 bridgehead atoms. The summed E-state index contributed by atoms with van der Waals surface area (Å²) < 4.78 is 5.85. The highest BCUT2D eigenvalue weighted by molar-refractivity contribution is 5.77. The molecule has 0 saturated carbocycles. The molecule has 6 heteroatoms. The summed E-state index contributed by atoms with van der Waals surface area (Å²) in [6, 6.07) is -0.734. The number of esters is 1. The van der Waals surface area contributed by atoms with Crippen LogP contribution in [-0.4, -0.2) is 46.9 Å². The molecule has 0 aliphatic rings. The van der Waals surface area contributed by atoms with Crippen molar-refractivity contribution in [1.82, 2.24) is 5.32 Å². The predicted octanol–water partition coefficient (Wildman–Crippen LogP) is 14.6. The summed E-state index contributed by atoms with van der Waals surface area (Å²) in [6.07, 6.45) is 58.3. The lowest BCUT2D eigenvalue weighted by molar-refractivity contribution is -0.150. The van der Waals surface area contributed by atoms with Crippen LogP contribution in [-0.2, 0) is 14.3 Å². The van der Waals surface area contributed by atoms with Crippen molar-refractivity contribution in [3.8, 4) is 0 Å². The molecule has 0 aliphatic carbocycles. The third kappa shape index (κ3) is 41.8. The molecule has 0 aromatic rings. The van der Waals surface area contributed by atoms with Crippen LogP contribution < -0.4 is 5.32 Å². The van der Waals surface area contributed by atoms with Crippen molar-refractivity contribution in [2.75, 3.05) is 6.61 Å². The Morgan fingerprint density at radius 1 is 0.525 bits per heavy atom. The van der Waals surface area contributed by atoms with Gasteiger partial charge in [-0.05, 0) is 70.6 Å². The maximum Gasteiger partial charge on any atom is 0.306 e. The highest BCUT2D eigenvalue weighted by Crippen LogP contribution is 2.15. The average Bonchev–Trinajstić information content (AvgIpc) is 3.23. The number of carbonyl (C=O) groups excluding carboxylic acids is 2. The number of unbranched alkanes of at least 4 members (excludes halogenated alkanes) is 21. The first-order chi connectivity index (χ1) is 29.0. The van der Waals surface area contributed by atoms with Crippen LogP contribution in [0.4, 0.5) is 0 Å². The van der Waals surface area contributed by atoms with Gasteiger partial charge in [0, 0.05) is 12.8 Å². The van der Waals surface area contributed by atoms with E-state index in [1.165, 1.54) is 116 Å². The Labute approximate surface area is 364 Å². The maximum absolute atomic E-state index is 13.1. The van der Waals surface area contributed by atoms with Crippen LogP contribution >= 0.6 is 0 Å². The molecule has 0 rings (SSSR count). The summed E-state index contributed by atoms with van der Waals surface area (Å²) in [5.74, 6) is -0.594. The van der Waals surface area contributed by atoms with Crippen molar-refractivity contribution in [3.05, 3.63) is 72.9 Å². The molecular weight excluding hydrogens is 731 g/mol. The quantitative estimate of drug-likeness (QED) is 0.0246.